The van der Waals surface area contributed by atoms with Crippen LogP contribution in [0.25, 0.3) is 0 Å². The first-order valence-electron chi connectivity index (χ1n) is 9.81. The Morgan fingerprint density at radius 2 is 1.70 bits per heavy atom. The van der Waals surface area contributed by atoms with E-state index in [9.17, 15) is 0 Å². The van der Waals surface area contributed by atoms with E-state index in [1.165, 1.54) is 0 Å². The number of nitrogens with one attached hydrogen (secondary N) is 2. The lowest BCUT2D eigenvalue weighted by molar-refractivity contribution is 0.122. The minimum atomic E-state index is 0.399. The molecule has 0 aliphatic carbocycles. The van der Waals surface area contributed by atoms with Crippen molar-refractivity contribution in [2.24, 2.45) is 0 Å². The number of hydrogen-bond donors (Lipinski definition) is 2. The lowest BCUT2D eigenvalue weighted by Gasteiger charge is -2.31. The summed E-state index contributed by atoms with van der Waals surface area (Å²) in [6.07, 6.45) is 0. The molecule has 0 amide bonds. The summed E-state index contributed by atoms with van der Waals surface area (Å²) in [6, 6.07) is 9.14. The van der Waals surface area contributed by atoms with E-state index in [0.29, 0.717) is 47.3 Å². The van der Waals surface area contributed by atoms with E-state index in [1.54, 1.807) is 18.2 Å². The maximum Gasteiger partial charge on any atom is 0.175 e. The second-order valence-corrected chi connectivity index (χ2v) is 7.71. The summed E-state index contributed by atoms with van der Waals surface area (Å²) in [5, 5.41) is 7.65. The van der Waals surface area contributed by atoms with Crippen LogP contribution in [0.15, 0.2) is 30.3 Å². The number of nitrogens with zero attached hydrogens (tertiary/aromatic N) is 1. The van der Waals surface area contributed by atoms with Gasteiger partial charge in [-0.2, -0.15) is 0 Å². The Labute approximate surface area is 192 Å². The average molecular weight is 470 g/mol. The van der Waals surface area contributed by atoms with Gasteiger partial charge in [-0.3, -0.25) is 0 Å². The fourth-order valence-electron chi connectivity index (χ4n) is 3.10. The van der Waals surface area contributed by atoms with Gasteiger partial charge in [0.2, 0.25) is 0 Å². The summed E-state index contributed by atoms with van der Waals surface area (Å²) in [6.45, 7) is 7.96. The van der Waals surface area contributed by atoms with Crippen LogP contribution >= 0.6 is 35.4 Å². The summed E-state index contributed by atoms with van der Waals surface area (Å²) < 4.78 is 17.3. The SMILES string of the molecule is CCOc1cc(N2CCOCC2)c(OCC)cc1NC(=S)Nc1ccc(Cl)c(Cl)c1. The zero-order valence-electron chi connectivity index (χ0n) is 17.0. The third kappa shape index (κ3) is 5.82. The van der Waals surface area contributed by atoms with Crippen molar-refractivity contribution in [1.82, 2.24) is 0 Å². The van der Waals surface area contributed by atoms with Crippen molar-refractivity contribution in [3.05, 3.63) is 40.4 Å². The molecule has 3 rings (SSSR count). The van der Waals surface area contributed by atoms with Gasteiger partial charge in [0, 0.05) is 30.9 Å². The molecule has 0 radical (unpaired) electrons. The molecule has 1 fully saturated rings. The molecule has 6 nitrogen and oxygen atoms in total. The lowest BCUT2D eigenvalue weighted by Crippen LogP contribution is -2.36. The van der Waals surface area contributed by atoms with Gasteiger partial charge in [0.25, 0.3) is 0 Å². The first-order chi connectivity index (χ1) is 14.5. The lowest BCUT2D eigenvalue weighted by atomic mass is 10.2. The fourth-order valence-corrected chi connectivity index (χ4v) is 3.63. The molecule has 162 valence electrons. The van der Waals surface area contributed by atoms with Crippen molar-refractivity contribution in [3.8, 4) is 11.5 Å². The smallest absolute Gasteiger partial charge is 0.175 e. The zero-order chi connectivity index (χ0) is 21.5. The van der Waals surface area contributed by atoms with Gasteiger partial charge < -0.3 is 29.7 Å². The number of halogens is 2. The number of thiocarbonyl (C=S) groups is 1. The maximum atomic E-state index is 6.08. The van der Waals surface area contributed by atoms with Crippen molar-refractivity contribution < 1.29 is 14.2 Å². The van der Waals surface area contributed by atoms with Crippen LogP contribution in [0.1, 0.15) is 13.8 Å². The summed E-state index contributed by atoms with van der Waals surface area (Å²) in [5.41, 5.74) is 2.43. The van der Waals surface area contributed by atoms with Gasteiger partial charge in [0.1, 0.15) is 11.5 Å². The minimum absolute atomic E-state index is 0.399. The van der Waals surface area contributed by atoms with Crippen LogP contribution in [0, 0.1) is 0 Å². The van der Waals surface area contributed by atoms with E-state index in [0.717, 1.165) is 35.9 Å². The van der Waals surface area contributed by atoms with E-state index < -0.39 is 0 Å². The Kier molecular flexibility index (Phi) is 8.27. The number of rotatable bonds is 7. The highest BCUT2D eigenvalue weighted by molar-refractivity contribution is 7.80. The normalized spacial score (nSPS) is 13.7. The second-order valence-electron chi connectivity index (χ2n) is 6.49. The predicted molar refractivity (Wildman–Crippen MR) is 128 cm³/mol. The molecule has 30 heavy (non-hydrogen) atoms. The molecule has 0 atom stereocenters. The Balaban J connectivity index is 1.85. The summed E-state index contributed by atoms with van der Waals surface area (Å²) in [7, 11) is 0. The van der Waals surface area contributed by atoms with Crippen LogP contribution in [-0.2, 0) is 4.74 Å². The molecule has 2 N–H and O–H groups in total. The largest absolute Gasteiger partial charge is 0.492 e. The fraction of sp³-hybridized carbons (Fsp3) is 0.381. The molecular weight excluding hydrogens is 445 g/mol. The van der Waals surface area contributed by atoms with Crippen LogP contribution in [0.4, 0.5) is 17.1 Å². The van der Waals surface area contributed by atoms with Crippen LogP contribution in [0.2, 0.25) is 10.0 Å². The average Bonchev–Trinajstić information content (AvgIpc) is 2.73. The standard InChI is InChI=1S/C21H25Cl2N3O3S/c1-3-28-19-13-18(26-7-9-27-10-8-26)20(29-4-2)12-17(19)25-21(30)24-14-5-6-15(22)16(23)11-14/h5-6,11-13H,3-4,7-10H2,1-2H3,(H2,24,25,30). The maximum absolute atomic E-state index is 6.08. The molecule has 0 spiro atoms. The second kappa shape index (κ2) is 10.9. The Morgan fingerprint density at radius 3 is 2.37 bits per heavy atom. The highest BCUT2D eigenvalue weighted by Crippen LogP contribution is 2.39. The van der Waals surface area contributed by atoms with Gasteiger partial charge in [0.15, 0.2) is 5.11 Å². The third-order valence-corrected chi connectivity index (χ3v) is 5.38. The van der Waals surface area contributed by atoms with Crippen LogP contribution in [0.3, 0.4) is 0 Å². The molecule has 2 aromatic rings. The van der Waals surface area contributed by atoms with Crippen molar-refractivity contribution in [3.63, 3.8) is 0 Å². The first-order valence-corrected chi connectivity index (χ1v) is 11.0. The van der Waals surface area contributed by atoms with Gasteiger partial charge >= 0.3 is 0 Å². The first kappa shape index (κ1) is 22.7. The van der Waals surface area contributed by atoms with Crippen LogP contribution in [0.5, 0.6) is 11.5 Å². The number of ether oxygens (including phenoxy) is 3. The Bertz CT molecular complexity index is 892. The molecular formula is C21H25Cl2N3O3S. The highest BCUT2D eigenvalue weighted by Gasteiger charge is 2.20. The monoisotopic (exact) mass is 469 g/mol. The highest BCUT2D eigenvalue weighted by atomic mass is 35.5. The summed E-state index contributed by atoms with van der Waals surface area (Å²) in [5.74, 6) is 1.46. The zero-order valence-corrected chi connectivity index (χ0v) is 19.3. The van der Waals surface area contributed by atoms with Gasteiger partial charge in [-0.15, -0.1) is 0 Å². The van der Waals surface area contributed by atoms with Gasteiger partial charge in [0.05, 0.1) is 47.8 Å². The number of anilines is 3. The van der Waals surface area contributed by atoms with E-state index >= 15 is 0 Å². The molecule has 9 heteroatoms. The van der Waals surface area contributed by atoms with E-state index in [-0.39, 0.29) is 0 Å². The molecule has 1 aliphatic heterocycles. The Morgan fingerprint density at radius 1 is 1.00 bits per heavy atom. The third-order valence-electron chi connectivity index (χ3n) is 4.44. The molecule has 0 saturated carbocycles. The van der Waals surface area contributed by atoms with Gasteiger partial charge in [-0.1, -0.05) is 23.2 Å². The molecule has 1 saturated heterocycles. The molecule has 0 aromatic heterocycles. The number of hydrogen-bond acceptors (Lipinski definition) is 5. The van der Waals surface area contributed by atoms with Gasteiger partial charge in [-0.25, -0.2) is 0 Å². The van der Waals surface area contributed by atoms with Crippen molar-refractivity contribution in [1.29, 1.82) is 0 Å². The van der Waals surface area contributed by atoms with Crippen LogP contribution < -0.4 is 25.0 Å². The summed E-state index contributed by atoms with van der Waals surface area (Å²) >= 11 is 17.5. The molecule has 2 aromatic carbocycles. The van der Waals surface area contributed by atoms with E-state index in [2.05, 4.69) is 15.5 Å². The summed E-state index contributed by atoms with van der Waals surface area (Å²) in [4.78, 5) is 2.24. The Hall–Kier alpha value is -1.93. The van der Waals surface area contributed by atoms with E-state index in [1.807, 2.05) is 26.0 Å². The molecule has 0 unspecified atom stereocenters. The molecule has 1 heterocycles. The van der Waals surface area contributed by atoms with Crippen molar-refractivity contribution in [2.75, 3.05) is 55.1 Å². The number of morpholine rings is 1. The molecule has 1 aliphatic rings. The van der Waals surface area contributed by atoms with Gasteiger partial charge in [-0.05, 0) is 44.3 Å². The molecule has 0 bridgehead atoms. The predicted octanol–water partition coefficient (Wildman–Crippen LogP) is 5.44. The topological polar surface area (TPSA) is 55.0 Å². The van der Waals surface area contributed by atoms with Crippen molar-refractivity contribution >= 4 is 57.6 Å². The quantitative estimate of drug-likeness (QED) is 0.523. The van der Waals surface area contributed by atoms with Crippen molar-refractivity contribution in [2.45, 2.75) is 13.8 Å². The van der Waals surface area contributed by atoms with E-state index in [4.69, 9.17) is 49.6 Å². The number of benzene rings is 2. The van der Waals surface area contributed by atoms with Crippen LogP contribution in [-0.4, -0.2) is 44.6 Å². The minimum Gasteiger partial charge on any atom is -0.492 e.